The molecular formula is C13H12ClN3S. The fourth-order valence-electron chi connectivity index (χ4n) is 1.41. The minimum Gasteiger partial charge on any atom is -0.332 e. The zero-order chi connectivity index (χ0) is 13.0. The first-order valence-corrected chi connectivity index (χ1v) is 6.17. The van der Waals surface area contributed by atoms with Crippen LogP contribution in [0, 0.1) is 0 Å². The Hall–Kier alpha value is -1.65. The summed E-state index contributed by atoms with van der Waals surface area (Å²) in [6.45, 7) is 0. The molecule has 0 saturated carbocycles. The van der Waals surface area contributed by atoms with E-state index in [9.17, 15) is 0 Å². The number of anilines is 2. The van der Waals surface area contributed by atoms with E-state index in [1.54, 1.807) is 12.3 Å². The molecule has 0 fully saturated rings. The third-order valence-electron chi connectivity index (χ3n) is 2.43. The molecule has 3 nitrogen and oxygen atoms in total. The van der Waals surface area contributed by atoms with Gasteiger partial charge >= 0.3 is 0 Å². The van der Waals surface area contributed by atoms with Crippen LogP contribution >= 0.6 is 23.8 Å². The van der Waals surface area contributed by atoms with E-state index >= 15 is 0 Å². The number of hydrogen-bond donors (Lipinski definition) is 1. The van der Waals surface area contributed by atoms with Crippen LogP contribution in [0.2, 0.25) is 5.15 Å². The van der Waals surface area contributed by atoms with Crippen LogP contribution in [0.1, 0.15) is 0 Å². The second-order valence-corrected chi connectivity index (χ2v) is 4.47. The number of nitrogens with zero attached hydrogens (tertiary/aromatic N) is 2. The zero-order valence-corrected chi connectivity index (χ0v) is 11.4. The monoisotopic (exact) mass is 277 g/mol. The molecule has 0 radical (unpaired) electrons. The molecule has 0 saturated heterocycles. The topological polar surface area (TPSA) is 28.2 Å². The molecule has 1 N–H and O–H groups in total. The van der Waals surface area contributed by atoms with Gasteiger partial charge in [0.25, 0.3) is 0 Å². The van der Waals surface area contributed by atoms with Crippen LogP contribution in [0.25, 0.3) is 0 Å². The fraction of sp³-hybridized carbons (Fsp3) is 0.0769. The molecule has 1 aromatic heterocycles. The van der Waals surface area contributed by atoms with Gasteiger partial charge in [-0.3, -0.25) is 0 Å². The van der Waals surface area contributed by atoms with Gasteiger partial charge in [0.2, 0.25) is 0 Å². The number of nitrogens with one attached hydrogen (secondary N) is 1. The molecule has 0 amide bonds. The minimum atomic E-state index is 0.467. The first-order valence-electron chi connectivity index (χ1n) is 5.38. The molecule has 0 aliphatic heterocycles. The van der Waals surface area contributed by atoms with Crippen LogP contribution in [0.5, 0.6) is 0 Å². The molecule has 5 heteroatoms. The summed E-state index contributed by atoms with van der Waals surface area (Å²) in [5, 5.41) is 4.22. The molecule has 2 rings (SSSR count). The Labute approximate surface area is 116 Å². The van der Waals surface area contributed by atoms with Crippen LogP contribution in [-0.2, 0) is 0 Å². The molecular weight excluding hydrogens is 266 g/mol. The lowest BCUT2D eigenvalue weighted by Gasteiger charge is -2.20. The molecule has 0 bridgehead atoms. The number of aromatic nitrogens is 1. The molecule has 18 heavy (non-hydrogen) atoms. The number of benzene rings is 1. The van der Waals surface area contributed by atoms with E-state index in [2.05, 4.69) is 10.3 Å². The quantitative estimate of drug-likeness (QED) is 0.671. The van der Waals surface area contributed by atoms with Crippen molar-refractivity contribution < 1.29 is 0 Å². The average molecular weight is 278 g/mol. The summed E-state index contributed by atoms with van der Waals surface area (Å²) < 4.78 is 0. The van der Waals surface area contributed by atoms with Crippen molar-refractivity contribution in [2.24, 2.45) is 0 Å². The SMILES string of the molecule is CN(C(=S)Nc1ccccc1)c1ccc(Cl)nc1. The Morgan fingerprint density at radius 2 is 1.94 bits per heavy atom. The van der Waals surface area contributed by atoms with Crippen molar-refractivity contribution in [2.75, 3.05) is 17.3 Å². The Balaban J connectivity index is 2.07. The van der Waals surface area contributed by atoms with Crippen molar-refractivity contribution in [1.82, 2.24) is 4.98 Å². The molecule has 1 heterocycles. The van der Waals surface area contributed by atoms with Crippen molar-refractivity contribution in [2.45, 2.75) is 0 Å². The predicted octanol–water partition coefficient (Wildman–Crippen LogP) is 3.57. The molecule has 0 aliphatic carbocycles. The van der Waals surface area contributed by atoms with Gasteiger partial charge in [0, 0.05) is 12.7 Å². The van der Waals surface area contributed by atoms with Gasteiger partial charge in [-0.15, -0.1) is 0 Å². The van der Waals surface area contributed by atoms with Gasteiger partial charge < -0.3 is 10.2 Å². The lowest BCUT2D eigenvalue weighted by atomic mass is 10.3. The predicted molar refractivity (Wildman–Crippen MR) is 80.3 cm³/mol. The maximum atomic E-state index is 5.75. The Kier molecular flexibility index (Phi) is 4.12. The molecule has 2 aromatic rings. The summed E-state index contributed by atoms with van der Waals surface area (Å²) in [4.78, 5) is 5.86. The summed E-state index contributed by atoms with van der Waals surface area (Å²) in [5.74, 6) is 0. The van der Waals surface area contributed by atoms with Crippen LogP contribution in [0.3, 0.4) is 0 Å². The Morgan fingerprint density at radius 1 is 1.22 bits per heavy atom. The number of pyridine rings is 1. The van der Waals surface area contributed by atoms with E-state index in [-0.39, 0.29) is 0 Å². The third-order valence-corrected chi connectivity index (χ3v) is 3.03. The fourth-order valence-corrected chi connectivity index (χ4v) is 1.75. The van der Waals surface area contributed by atoms with E-state index in [1.807, 2.05) is 48.3 Å². The Morgan fingerprint density at radius 3 is 2.56 bits per heavy atom. The summed E-state index contributed by atoms with van der Waals surface area (Å²) >= 11 is 11.1. The lowest BCUT2D eigenvalue weighted by Crippen LogP contribution is -2.30. The molecule has 1 aromatic carbocycles. The highest BCUT2D eigenvalue weighted by Gasteiger charge is 2.07. The second kappa shape index (κ2) is 5.80. The average Bonchev–Trinajstić information content (AvgIpc) is 2.40. The van der Waals surface area contributed by atoms with E-state index in [0.29, 0.717) is 10.3 Å². The largest absolute Gasteiger partial charge is 0.332 e. The maximum absolute atomic E-state index is 5.75. The number of thiocarbonyl (C=S) groups is 1. The highest BCUT2D eigenvalue weighted by Crippen LogP contribution is 2.15. The van der Waals surface area contributed by atoms with Crippen LogP contribution < -0.4 is 10.2 Å². The van der Waals surface area contributed by atoms with Crippen LogP contribution in [0.15, 0.2) is 48.7 Å². The molecule has 0 atom stereocenters. The highest BCUT2D eigenvalue weighted by molar-refractivity contribution is 7.80. The van der Waals surface area contributed by atoms with Gasteiger partial charge in [0.1, 0.15) is 5.15 Å². The molecule has 0 aliphatic rings. The minimum absolute atomic E-state index is 0.467. The summed E-state index contributed by atoms with van der Waals surface area (Å²) in [6.07, 6.45) is 1.68. The normalized spacial score (nSPS) is 9.89. The Bertz CT molecular complexity index is 528. The van der Waals surface area contributed by atoms with Gasteiger partial charge in [0.05, 0.1) is 11.9 Å². The first-order chi connectivity index (χ1) is 8.66. The van der Waals surface area contributed by atoms with E-state index in [1.165, 1.54) is 0 Å². The summed E-state index contributed by atoms with van der Waals surface area (Å²) in [5.41, 5.74) is 1.84. The number of hydrogen-bond acceptors (Lipinski definition) is 2. The zero-order valence-electron chi connectivity index (χ0n) is 9.80. The van der Waals surface area contributed by atoms with Crippen LogP contribution in [0.4, 0.5) is 11.4 Å². The van der Waals surface area contributed by atoms with Crippen molar-refractivity contribution in [3.63, 3.8) is 0 Å². The van der Waals surface area contributed by atoms with Crippen molar-refractivity contribution in [1.29, 1.82) is 0 Å². The lowest BCUT2D eigenvalue weighted by molar-refractivity contribution is 1.22. The van der Waals surface area contributed by atoms with Gasteiger partial charge in [-0.2, -0.15) is 0 Å². The number of halogens is 1. The summed E-state index contributed by atoms with van der Waals surface area (Å²) in [7, 11) is 1.88. The van der Waals surface area contributed by atoms with E-state index < -0.39 is 0 Å². The highest BCUT2D eigenvalue weighted by atomic mass is 35.5. The van der Waals surface area contributed by atoms with E-state index in [0.717, 1.165) is 11.4 Å². The maximum Gasteiger partial charge on any atom is 0.177 e. The first kappa shape index (κ1) is 12.8. The van der Waals surface area contributed by atoms with Crippen LogP contribution in [-0.4, -0.2) is 17.1 Å². The molecule has 0 spiro atoms. The standard InChI is InChI=1S/C13H12ClN3S/c1-17(11-7-8-12(14)15-9-11)13(18)16-10-5-3-2-4-6-10/h2-9H,1H3,(H,16,18). The number of para-hydroxylation sites is 1. The smallest absolute Gasteiger partial charge is 0.177 e. The van der Waals surface area contributed by atoms with Gasteiger partial charge in [-0.05, 0) is 36.5 Å². The van der Waals surface area contributed by atoms with Gasteiger partial charge in [0.15, 0.2) is 5.11 Å². The number of rotatable bonds is 2. The van der Waals surface area contributed by atoms with Crippen molar-refractivity contribution in [3.8, 4) is 0 Å². The van der Waals surface area contributed by atoms with E-state index in [4.69, 9.17) is 23.8 Å². The van der Waals surface area contributed by atoms with Gasteiger partial charge in [-0.25, -0.2) is 4.98 Å². The second-order valence-electron chi connectivity index (χ2n) is 3.69. The van der Waals surface area contributed by atoms with Gasteiger partial charge in [-0.1, -0.05) is 29.8 Å². The van der Waals surface area contributed by atoms with Crippen molar-refractivity contribution in [3.05, 3.63) is 53.8 Å². The summed E-state index contributed by atoms with van der Waals surface area (Å²) in [6, 6.07) is 13.4. The van der Waals surface area contributed by atoms with Crippen molar-refractivity contribution >= 4 is 40.3 Å². The third kappa shape index (κ3) is 3.18. The molecule has 92 valence electrons. The molecule has 0 unspecified atom stereocenters.